The molecule has 55 heavy (non-hydrogen) atoms. The van der Waals surface area contributed by atoms with Gasteiger partial charge in [-0.2, -0.15) is 0 Å². The third kappa shape index (κ3) is 42.2. The zero-order valence-corrected chi connectivity index (χ0v) is 37.6. The summed E-state index contributed by atoms with van der Waals surface area (Å²) in [7, 11) is 1.48. The molecule has 0 heterocycles. The minimum atomic E-state index is -4.37. The van der Waals surface area contributed by atoms with Crippen LogP contribution in [-0.4, -0.2) is 74.9 Å². The van der Waals surface area contributed by atoms with E-state index in [1.807, 2.05) is 21.1 Å². The fourth-order valence-corrected chi connectivity index (χ4v) is 7.16. The lowest BCUT2D eigenvalue weighted by Crippen LogP contribution is -2.37. The topological polar surface area (TPSA) is 108 Å². The Hall–Kier alpha value is -1.25. The summed E-state index contributed by atoms with van der Waals surface area (Å²) in [6.07, 6.45) is 39.7. The highest BCUT2D eigenvalue weighted by Gasteiger charge is 2.27. The number of rotatable bonds is 42. The van der Waals surface area contributed by atoms with E-state index in [0.29, 0.717) is 23.9 Å². The zero-order chi connectivity index (χ0) is 40.7. The van der Waals surface area contributed by atoms with Gasteiger partial charge in [-0.1, -0.05) is 174 Å². The van der Waals surface area contributed by atoms with Gasteiger partial charge in [0.1, 0.15) is 19.8 Å². The van der Waals surface area contributed by atoms with Crippen LogP contribution in [0.25, 0.3) is 0 Å². The van der Waals surface area contributed by atoms with Crippen molar-refractivity contribution < 1.29 is 42.1 Å². The van der Waals surface area contributed by atoms with Crippen LogP contribution in [0.5, 0.6) is 0 Å². The number of hydrogen-bond donors (Lipinski definition) is 1. The summed E-state index contributed by atoms with van der Waals surface area (Å²) in [5, 5.41) is 0. The van der Waals surface area contributed by atoms with Crippen LogP contribution in [0.15, 0.2) is 12.2 Å². The van der Waals surface area contributed by atoms with E-state index in [9.17, 15) is 19.0 Å². The first-order chi connectivity index (χ1) is 26.5. The molecule has 10 heteroatoms. The Morgan fingerprint density at radius 2 is 0.927 bits per heavy atom. The Morgan fingerprint density at radius 3 is 1.36 bits per heavy atom. The number of quaternary nitrogens is 1. The van der Waals surface area contributed by atoms with Crippen molar-refractivity contribution in [2.45, 2.75) is 219 Å². The lowest BCUT2D eigenvalue weighted by molar-refractivity contribution is -0.870. The number of carbonyl (C=O) groups is 2. The molecular formula is C45H89NO8P+. The first kappa shape index (κ1) is 53.8. The van der Waals surface area contributed by atoms with Crippen molar-refractivity contribution in [3.63, 3.8) is 0 Å². The van der Waals surface area contributed by atoms with Crippen LogP contribution >= 0.6 is 7.82 Å². The summed E-state index contributed by atoms with van der Waals surface area (Å²) in [5.74, 6) is -0.798. The average Bonchev–Trinajstić information content (AvgIpc) is 3.13. The monoisotopic (exact) mass is 803 g/mol. The summed E-state index contributed by atoms with van der Waals surface area (Å²) in [6.45, 7) is 4.42. The van der Waals surface area contributed by atoms with E-state index >= 15 is 0 Å². The molecule has 1 N–H and O–H groups in total. The number of phosphoric ester groups is 1. The molecule has 0 radical (unpaired) electrons. The molecule has 0 aliphatic rings. The molecule has 0 rings (SSSR count). The Balaban J connectivity index is 4.28. The van der Waals surface area contributed by atoms with E-state index in [-0.39, 0.29) is 25.6 Å². The van der Waals surface area contributed by atoms with Crippen LogP contribution in [0.2, 0.25) is 0 Å². The van der Waals surface area contributed by atoms with Gasteiger partial charge in [0.05, 0.1) is 27.7 Å². The number of nitrogens with zero attached hydrogens (tertiary/aromatic N) is 1. The number of unbranched alkanes of at least 4 members (excludes halogenated alkanes) is 26. The van der Waals surface area contributed by atoms with Crippen LogP contribution < -0.4 is 0 Å². The normalized spacial score (nSPS) is 13.6. The van der Waals surface area contributed by atoms with Gasteiger partial charge in [0.15, 0.2) is 6.10 Å². The van der Waals surface area contributed by atoms with Crippen molar-refractivity contribution in [2.75, 3.05) is 47.5 Å². The number of likely N-dealkylation sites (N-methyl/N-ethyl adjacent to an activating group) is 1. The molecule has 0 aromatic heterocycles. The molecule has 0 amide bonds. The maximum absolute atomic E-state index is 12.7. The van der Waals surface area contributed by atoms with Crippen molar-refractivity contribution in [3.8, 4) is 0 Å². The van der Waals surface area contributed by atoms with E-state index in [4.69, 9.17) is 18.5 Å². The van der Waals surface area contributed by atoms with Crippen LogP contribution in [0.3, 0.4) is 0 Å². The van der Waals surface area contributed by atoms with E-state index in [0.717, 1.165) is 51.4 Å². The predicted octanol–water partition coefficient (Wildman–Crippen LogP) is 13.0. The third-order valence-electron chi connectivity index (χ3n) is 10.0. The van der Waals surface area contributed by atoms with Crippen LogP contribution in [0.1, 0.15) is 213 Å². The van der Waals surface area contributed by atoms with Gasteiger partial charge < -0.3 is 18.9 Å². The largest absolute Gasteiger partial charge is 0.472 e. The molecule has 326 valence electrons. The van der Waals surface area contributed by atoms with Crippen LogP contribution in [0.4, 0.5) is 0 Å². The molecule has 2 atom stereocenters. The summed E-state index contributed by atoms with van der Waals surface area (Å²) in [4.78, 5) is 35.4. The number of ether oxygens (including phenoxy) is 2. The van der Waals surface area contributed by atoms with Gasteiger partial charge in [0.25, 0.3) is 0 Å². The average molecular weight is 803 g/mol. The molecule has 0 saturated carbocycles. The Labute approximate surface area is 339 Å². The third-order valence-corrected chi connectivity index (χ3v) is 11.0. The molecule has 0 saturated heterocycles. The lowest BCUT2D eigenvalue weighted by atomic mass is 10.0. The molecule has 0 aliphatic heterocycles. The summed E-state index contributed by atoms with van der Waals surface area (Å²) >= 11 is 0. The second-order valence-electron chi connectivity index (χ2n) is 16.8. The first-order valence-electron chi connectivity index (χ1n) is 22.9. The van der Waals surface area contributed by atoms with Crippen molar-refractivity contribution in [1.82, 2.24) is 0 Å². The quantitative estimate of drug-likeness (QED) is 0.0214. The van der Waals surface area contributed by atoms with E-state index < -0.39 is 26.5 Å². The highest BCUT2D eigenvalue weighted by molar-refractivity contribution is 7.47. The number of phosphoric acid groups is 1. The summed E-state index contributed by atoms with van der Waals surface area (Å²) < 4.78 is 34.3. The predicted molar refractivity (Wildman–Crippen MR) is 229 cm³/mol. The molecule has 0 aromatic rings. The highest BCUT2D eigenvalue weighted by atomic mass is 31.2. The van der Waals surface area contributed by atoms with Gasteiger partial charge in [-0.15, -0.1) is 0 Å². The SMILES string of the molecule is CCCCCC/C=C\CCCCCCCC(=O)O[C@H](COC(=O)CCCCCCCCCCCCCCCCCCCC)COP(=O)(O)OCC[N+](C)(C)C. The minimum absolute atomic E-state index is 0.0332. The Bertz CT molecular complexity index is 954. The number of hydrogen-bond acceptors (Lipinski definition) is 7. The fourth-order valence-electron chi connectivity index (χ4n) is 6.42. The van der Waals surface area contributed by atoms with E-state index in [1.54, 1.807) is 0 Å². The summed E-state index contributed by atoms with van der Waals surface area (Å²) in [5.41, 5.74) is 0. The lowest BCUT2D eigenvalue weighted by Gasteiger charge is -2.24. The Morgan fingerprint density at radius 1 is 0.545 bits per heavy atom. The smallest absolute Gasteiger partial charge is 0.462 e. The molecule has 0 bridgehead atoms. The first-order valence-corrected chi connectivity index (χ1v) is 24.4. The molecule has 0 aromatic carbocycles. The van der Waals surface area contributed by atoms with Gasteiger partial charge >= 0.3 is 19.8 Å². The van der Waals surface area contributed by atoms with Crippen LogP contribution in [0, 0.1) is 0 Å². The maximum atomic E-state index is 12.7. The minimum Gasteiger partial charge on any atom is -0.462 e. The second kappa shape index (κ2) is 38.3. The standard InChI is InChI=1S/C45H88NO8P/c1-6-8-10-12-14-16-18-20-21-22-23-24-26-27-29-31-33-35-37-44(47)51-41-43(42-53-55(49,50)52-40-39-46(3,4)5)54-45(48)38-36-34-32-30-28-25-19-17-15-13-11-9-7-2/h17,19,43H,6-16,18,20-42H2,1-5H3/p+1/b19-17-/t43-/m1/s1. The number of carbonyl (C=O) groups excluding carboxylic acids is 2. The molecule has 0 spiro atoms. The molecule has 0 aliphatic carbocycles. The fraction of sp³-hybridized carbons (Fsp3) is 0.911. The molecule has 1 unspecified atom stereocenters. The number of allylic oxidation sites excluding steroid dienone is 2. The zero-order valence-electron chi connectivity index (χ0n) is 36.7. The van der Waals surface area contributed by atoms with Crippen molar-refractivity contribution in [3.05, 3.63) is 12.2 Å². The van der Waals surface area contributed by atoms with Gasteiger partial charge in [-0.25, -0.2) is 4.57 Å². The molecule has 0 fully saturated rings. The van der Waals surface area contributed by atoms with Crippen molar-refractivity contribution in [1.29, 1.82) is 0 Å². The van der Waals surface area contributed by atoms with E-state index in [2.05, 4.69) is 26.0 Å². The van der Waals surface area contributed by atoms with Gasteiger partial charge in [0.2, 0.25) is 0 Å². The van der Waals surface area contributed by atoms with Crippen molar-refractivity contribution >= 4 is 19.8 Å². The van der Waals surface area contributed by atoms with Gasteiger partial charge in [0, 0.05) is 12.8 Å². The molecular weight excluding hydrogens is 713 g/mol. The molecule has 9 nitrogen and oxygen atoms in total. The van der Waals surface area contributed by atoms with Gasteiger partial charge in [-0.05, 0) is 38.5 Å². The maximum Gasteiger partial charge on any atom is 0.472 e. The van der Waals surface area contributed by atoms with Crippen LogP contribution in [-0.2, 0) is 32.7 Å². The number of esters is 2. The Kier molecular flexibility index (Phi) is 37.4. The highest BCUT2D eigenvalue weighted by Crippen LogP contribution is 2.43. The van der Waals surface area contributed by atoms with Crippen molar-refractivity contribution in [2.24, 2.45) is 0 Å². The van der Waals surface area contributed by atoms with Gasteiger partial charge in [-0.3, -0.25) is 18.6 Å². The van der Waals surface area contributed by atoms with E-state index in [1.165, 1.54) is 128 Å². The summed E-state index contributed by atoms with van der Waals surface area (Å²) in [6, 6.07) is 0. The second-order valence-corrected chi connectivity index (χ2v) is 18.2.